The lowest BCUT2D eigenvalue weighted by Gasteiger charge is -2.36. The molecule has 0 aliphatic heterocycles. The third-order valence-electron chi connectivity index (χ3n) is 5.10. The molecular formula is C19H27NO3. The minimum atomic E-state index is -0.132. The third-order valence-corrected chi connectivity index (χ3v) is 5.10. The van der Waals surface area contributed by atoms with Crippen LogP contribution in [0.3, 0.4) is 0 Å². The number of para-hydroxylation sites is 1. The molecule has 23 heavy (non-hydrogen) atoms. The van der Waals surface area contributed by atoms with E-state index in [2.05, 4.69) is 26.1 Å². The van der Waals surface area contributed by atoms with E-state index in [1.807, 2.05) is 0 Å². The van der Waals surface area contributed by atoms with Gasteiger partial charge in [-0.15, -0.1) is 0 Å². The number of nitrogens with one attached hydrogen (secondary N) is 1. The molecule has 4 nitrogen and oxygen atoms in total. The number of aromatic hydroxyl groups is 1. The Bertz CT molecular complexity index is 566. The normalized spacial score (nSPS) is 21.7. The highest BCUT2D eigenvalue weighted by atomic mass is 16.3. The Morgan fingerprint density at radius 3 is 2.48 bits per heavy atom. The Labute approximate surface area is 138 Å². The van der Waals surface area contributed by atoms with Crippen molar-refractivity contribution in [1.29, 1.82) is 0 Å². The lowest BCUT2D eigenvalue weighted by Crippen LogP contribution is -2.26. The second-order valence-corrected chi connectivity index (χ2v) is 7.67. The zero-order chi connectivity index (χ0) is 17.0. The van der Waals surface area contributed by atoms with Crippen LogP contribution in [0.4, 0.5) is 5.69 Å². The molecule has 0 aromatic heterocycles. The van der Waals surface area contributed by atoms with Crippen molar-refractivity contribution in [2.24, 2.45) is 17.3 Å². The van der Waals surface area contributed by atoms with Gasteiger partial charge in [0.15, 0.2) is 5.78 Å². The van der Waals surface area contributed by atoms with E-state index in [4.69, 9.17) is 0 Å². The third kappa shape index (κ3) is 4.34. The lowest BCUT2D eigenvalue weighted by atomic mass is 9.69. The molecule has 0 heterocycles. The van der Waals surface area contributed by atoms with Crippen LogP contribution in [0.2, 0.25) is 0 Å². The van der Waals surface area contributed by atoms with Crippen molar-refractivity contribution in [2.75, 3.05) is 5.32 Å². The number of carbonyl (C=O) groups excluding carboxylic acids is 2. The van der Waals surface area contributed by atoms with Crippen LogP contribution in [0.1, 0.15) is 63.2 Å². The van der Waals surface area contributed by atoms with Gasteiger partial charge in [0, 0.05) is 6.42 Å². The van der Waals surface area contributed by atoms with Gasteiger partial charge in [-0.1, -0.05) is 26.8 Å². The quantitative estimate of drug-likeness (QED) is 0.481. The smallest absolute Gasteiger partial charge is 0.211 e. The molecule has 1 aromatic rings. The Hall–Kier alpha value is -1.84. The molecule has 2 rings (SSSR count). The number of hydrogen-bond donors (Lipinski definition) is 2. The highest BCUT2D eigenvalue weighted by Crippen LogP contribution is 2.41. The minimum Gasteiger partial charge on any atom is -0.505 e. The fourth-order valence-electron chi connectivity index (χ4n) is 3.55. The van der Waals surface area contributed by atoms with Gasteiger partial charge < -0.3 is 10.4 Å². The zero-order valence-electron chi connectivity index (χ0n) is 14.3. The van der Waals surface area contributed by atoms with E-state index in [0.717, 1.165) is 18.8 Å². The molecule has 1 amide bonds. The number of rotatable bonds is 5. The summed E-state index contributed by atoms with van der Waals surface area (Å²) in [6, 6.07) is 4.87. The van der Waals surface area contributed by atoms with Gasteiger partial charge in [-0.25, -0.2) is 0 Å². The molecule has 0 radical (unpaired) electrons. The SMILES string of the molecule is CC(C)(C)C1CCC(CC(=O)c2cccc(NC=O)c2O)CC1. The van der Waals surface area contributed by atoms with Gasteiger partial charge in [0.2, 0.25) is 6.41 Å². The number of hydrogen-bond acceptors (Lipinski definition) is 3. The number of phenols is 1. The van der Waals surface area contributed by atoms with E-state index in [1.165, 1.54) is 12.8 Å². The van der Waals surface area contributed by atoms with Gasteiger partial charge in [-0.05, 0) is 55.1 Å². The summed E-state index contributed by atoms with van der Waals surface area (Å²) in [7, 11) is 0. The van der Waals surface area contributed by atoms with Crippen LogP contribution in [0, 0.1) is 17.3 Å². The molecule has 1 aromatic carbocycles. The van der Waals surface area contributed by atoms with Crippen LogP contribution in [0.25, 0.3) is 0 Å². The molecule has 0 saturated heterocycles. The number of benzene rings is 1. The minimum absolute atomic E-state index is 0.0451. The van der Waals surface area contributed by atoms with Crippen molar-refractivity contribution in [1.82, 2.24) is 0 Å². The Morgan fingerprint density at radius 2 is 1.91 bits per heavy atom. The summed E-state index contributed by atoms with van der Waals surface area (Å²) in [5.74, 6) is 0.940. The van der Waals surface area contributed by atoms with Gasteiger partial charge in [-0.2, -0.15) is 0 Å². The summed E-state index contributed by atoms with van der Waals surface area (Å²) < 4.78 is 0. The van der Waals surface area contributed by atoms with Crippen molar-refractivity contribution in [3.63, 3.8) is 0 Å². The van der Waals surface area contributed by atoms with Gasteiger partial charge in [0.25, 0.3) is 0 Å². The number of phenolic OH excluding ortho intramolecular Hbond substituents is 1. The monoisotopic (exact) mass is 317 g/mol. The average Bonchev–Trinajstić information content (AvgIpc) is 2.49. The summed E-state index contributed by atoms with van der Waals surface area (Å²) in [5, 5.41) is 12.5. The summed E-state index contributed by atoms with van der Waals surface area (Å²) in [5.41, 5.74) is 0.916. The van der Waals surface area contributed by atoms with Crippen molar-refractivity contribution < 1.29 is 14.7 Å². The zero-order valence-corrected chi connectivity index (χ0v) is 14.3. The number of anilines is 1. The topological polar surface area (TPSA) is 66.4 Å². The fourth-order valence-corrected chi connectivity index (χ4v) is 3.55. The molecular weight excluding hydrogens is 290 g/mol. The number of amides is 1. The van der Waals surface area contributed by atoms with E-state index in [0.29, 0.717) is 29.7 Å². The van der Waals surface area contributed by atoms with Gasteiger partial charge in [0.1, 0.15) is 5.75 Å². The first-order chi connectivity index (χ1) is 10.8. The predicted octanol–water partition coefficient (Wildman–Crippen LogP) is 4.39. The summed E-state index contributed by atoms with van der Waals surface area (Å²) in [6.07, 6.45) is 5.44. The first kappa shape index (κ1) is 17.5. The van der Waals surface area contributed by atoms with Crippen LogP contribution >= 0.6 is 0 Å². The van der Waals surface area contributed by atoms with E-state index in [-0.39, 0.29) is 17.2 Å². The second kappa shape index (κ2) is 7.16. The number of Topliss-reactive ketones (excluding diaryl/α,β-unsaturated/α-hetero) is 1. The second-order valence-electron chi connectivity index (χ2n) is 7.67. The van der Waals surface area contributed by atoms with Crippen molar-refractivity contribution in [3.8, 4) is 5.75 Å². The Kier molecular flexibility index (Phi) is 5.45. The van der Waals surface area contributed by atoms with Crippen LogP contribution in [0.15, 0.2) is 18.2 Å². The van der Waals surface area contributed by atoms with Gasteiger partial charge in [0.05, 0.1) is 11.3 Å². The fraction of sp³-hybridized carbons (Fsp3) is 0.579. The summed E-state index contributed by atoms with van der Waals surface area (Å²) in [6.45, 7) is 6.85. The molecule has 0 bridgehead atoms. The van der Waals surface area contributed by atoms with Gasteiger partial charge in [-0.3, -0.25) is 9.59 Å². The molecule has 1 fully saturated rings. The number of carbonyl (C=O) groups is 2. The van der Waals surface area contributed by atoms with Crippen molar-refractivity contribution in [3.05, 3.63) is 23.8 Å². The molecule has 2 N–H and O–H groups in total. The van der Waals surface area contributed by atoms with E-state index in [9.17, 15) is 14.7 Å². The van der Waals surface area contributed by atoms with Crippen molar-refractivity contribution in [2.45, 2.75) is 52.9 Å². The molecule has 1 aliphatic carbocycles. The predicted molar refractivity (Wildman–Crippen MR) is 91.6 cm³/mol. The average molecular weight is 317 g/mol. The van der Waals surface area contributed by atoms with Crippen molar-refractivity contribution >= 4 is 17.9 Å². The Morgan fingerprint density at radius 1 is 1.26 bits per heavy atom. The van der Waals surface area contributed by atoms with E-state index < -0.39 is 0 Å². The lowest BCUT2D eigenvalue weighted by molar-refractivity contribution is -0.105. The first-order valence-corrected chi connectivity index (χ1v) is 8.38. The Balaban J connectivity index is 1.98. The van der Waals surface area contributed by atoms with Gasteiger partial charge >= 0.3 is 0 Å². The highest BCUT2D eigenvalue weighted by molar-refractivity contribution is 6.01. The molecule has 126 valence electrons. The maximum absolute atomic E-state index is 12.5. The van der Waals surface area contributed by atoms with Crippen LogP contribution < -0.4 is 5.32 Å². The maximum atomic E-state index is 12.5. The van der Waals surface area contributed by atoms with E-state index >= 15 is 0 Å². The van der Waals surface area contributed by atoms with Crippen LogP contribution in [-0.4, -0.2) is 17.3 Å². The maximum Gasteiger partial charge on any atom is 0.211 e. The molecule has 0 unspecified atom stereocenters. The molecule has 1 aliphatic rings. The molecule has 0 atom stereocenters. The van der Waals surface area contributed by atoms with Crippen LogP contribution in [-0.2, 0) is 4.79 Å². The largest absolute Gasteiger partial charge is 0.505 e. The first-order valence-electron chi connectivity index (χ1n) is 8.38. The molecule has 4 heteroatoms. The summed E-state index contributed by atoms with van der Waals surface area (Å²) in [4.78, 5) is 23.0. The standard InChI is InChI=1S/C19H27NO3/c1-19(2,3)14-9-7-13(8-10-14)11-17(22)15-5-4-6-16(18(15)23)20-12-21/h4-6,12-14,23H,7-11H2,1-3H3,(H,20,21). The van der Waals surface area contributed by atoms with Crippen LogP contribution in [0.5, 0.6) is 5.75 Å². The number of ketones is 1. The van der Waals surface area contributed by atoms with E-state index in [1.54, 1.807) is 18.2 Å². The highest BCUT2D eigenvalue weighted by Gasteiger charge is 2.30. The summed E-state index contributed by atoms with van der Waals surface area (Å²) >= 11 is 0. The molecule has 1 saturated carbocycles. The molecule has 0 spiro atoms.